The van der Waals surface area contributed by atoms with Gasteiger partial charge in [0.05, 0.1) is 17.5 Å². The molecule has 0 saturated carbocycles. The van der Waals surface area contributed by atoms with Crippen molar-refractivity contribution in [3.05, 3.63) is 23.8 Å². The van der Waals surface area contributed by atoms with Gasteiger partial charge in [-0.05, 0) is 32.0 Å². The molecule has 18 heavy (non-hydrogen) atoms. The van der Waals surface area contributed by atoms with Crippen LogP contribution in [0, 0.1) is 0 Å². The van der Waals surface area contributed by atoms with Gasteiger partial charge in [0.1, 0.15) is 0 Å². The number of carbonyl (C=O) groups is 2. The maximum atomic E-state index is 11.7. The van der Waals surface area contributed by atoms with Crippen molar-refractivity contribution < 1.29 is 14.4 Å². The van der Waals surface area contributed by atoms with Crippen LogP contribution in [0.3, 0.4) is 0 Å². The van der Waals surface area contributed by atoms with E-state index in [1.165, 1.54) is 11.8 Å². The number of hydroxylamine groups is 1. The molecule has 1 aliphatic heterocycles. The molecule has 0 fully saturated rings. The fraction of sp³-hybridized carbons (Fsp3) is 0.333. The topological polar surface area (TPSA) is 67.4 Å². The Kier molecular flexibility index (Phi) is 3.88. The zero-order chi connectivity index (χ0) is 13.1. The summed E-state index contributed by atoms with van der Waals surface area (Å²) in [7, 11) is 0. The van der Waals surface area contributed by atoms with Gasteiger partial charge in [0.2, 0.25) is 5.91 Å². The highest BCUT2D eigenvalue weighted by atomic mass is 32.2. The highest BCUT2D eigenvalue weighted by Crippen LogP contribution is 2.35. The zero-order valence-electron chi connectivity index (χ0n) is 10.1. The Bertz CT molecular complexity index is 490. The molecule has 0 radical (unpaired) electrons. The lowest BCUT2D eigenvalue weighted by atomic mass is 10.2. The predicted molar refractivity (Wildman–Crippen MR) is 69.5 cm³/mol. The number of hydrogen-bond donors (Lipinski definition) is 2. The molecule has 0 saturated heterocycles. The molecular weight excluding hydrogens is 252 g/mol. The van der Waals surface area contributed by atoms with Crippen LogP contribution in [-0.4, -0.2) is 23.7 Å². The Morgan fingerprint density at radius 1 is 1.56 bits per heavy atom. The third-order valence-corrected chi connectivity index (χ3v) is 3.66. The summed E-state index contributed by atoms with van der Waals surface area (Å²) in [5.41, 5.74) is 3.45. The summed E-state index contributed by atoms with van der Waals surface area (Å²) in [6.45, 7) is 4.03. The number of anilines is 1. The first-order valence-corrected chi connectivity index (χ1v) is 6.53. The summed E-state index contributed by atoms with van der Waals surface area (Å²) in [6.07, 6.45) is 0. The molecule has 1 heterocycles. The SMILES string of the molecule is CCONC(=O)c1ccc2c(c1)NC(=O)[C@@H](C)S2. The number of fused-ring (bicyclic) bond motifs is 1. The normalized spacial score (nSPS) is 17.9. The first-order chi connectivity index (χ1) is 8.61. The van der Waals surface area contributed by atoms with E-state index >= 15 is 0 Å². The molecule has 96 valence electrons. The molecule has 5 nitrogen and oxygen atoms in total. The fourth-order valence-corrected chi connectivity index (χ4v) is 2.48. The monoisotopic (exact) mass is 266 g/mol. The summed E-state index contributed by atoms with van der Waals surface area (Å²) in [5.74, 6) is -0.368. The van der Waals surface area contributed by atoms with Gasteiger partial charge in [0, 0.05) is 10.5 Å². The van der Waals surface area contributed by atoms with Gasteiger partial charge in [0.25, 0.3) is 5.91 Å². The van der Waals surface area contributed by atoms with Gasteiger partial charge in [-0.3, -0.25) is 14.4 Å². The lowest BCUT2D eigenvalue weighted by Crippen LogP contribution is -2.27. The maximum Gasteiger partial charge on any atom is 0.274 e. The van der Waals surface area contributed by atoms with Gasteiger partial charge >= 0.3 is 0 Å². The van der Waals surface area contributed by atoms with Crippen LogP contribution >= 0.6 is 11.8 Å². The number of thioether (sulfide) groups is 1. The van der Waals surface area contributed by atoms with Crippen LogP contribution in [0.5, 0.6) is 0 Å². The fourth-order valence-electron chi connectivity index (χ4n) is 1.55. The molecule has 1 atom stereocenters. The third-order valence-electron chi connectivity index (χ3n) is 2.48. The zero-order valence-corrected chi connectivity index (χ0v) is 11.0. The average Bonchev–Trinajstić information content (AvgIpc) is 2.36. The van der Waals surface area contributed by atoms with Crippen molar-refractivity contribution in [1.82, 2.24) is 5.48 Å². The van der Waals surface area contributed by atoms with E-state index in [1.807, 2.05) is 13.0 Å². The minimum atomic E-state index is -0.322. The second kappa shape index (κ2) is 5.41. The Morgan fingerprint density at radius 3 is 3.06 bits per heavy atom. The van der Waals surface area contributed by atoms with Crippen LogP contribution in [-0.2, 0) is 9.63 Å². The van der Waals surface area contributed by atoms with Gasteiger partial charge in [-0.15, -0.1) is 11.8 Å². The van der Waals surface area contributed by atoms with E-state index in [9.17, 15) is 9.59 Å². The smallest absolute Gasteiger partial charge is 0.274 e. The lowest BCUT2D eigenvalue weighted by Gasteiger charge is -2.21. The molecule has 1 aliphatic rings. The molecular formula is C12H14N2O3S. The highest BCUT2D eigenvalue weighted by molar-refractivity contribution is 8.00. The standard InChI is InChI=1S/C12H14N2O3S/c1-3-17-14-12(16)8-4-5-10-9(6-8)13-11(15)7(2)18-10/h4-7H,3H2,1-2H3,(H,13,15)(H,14,16)/t7-/m1/s1. The maximum absolute atomic E-state index is 11.7. The summed E-state index contributed by atoms with van der Waals surface area (Å²) < 4.78 is 0. The van der Waals surface area contributed by atoms with Crippen molar-refractivity contribution in [2.45, 2.75) is 24.0 Å². The summed E-state index contributed by atoms with van der Waals surface area (Å²) in [4.78, 5) is 29.0. The van der Waals surface area contributed by atoms with Crippen LogP contribution in [0.15, 0.2) is 23.1 Å². The van der Waals surface area contributed by atoms with E-state index < -0.39 is 0 Å². The van der Waals surface area contributed by atoms with Gasteiger partial charge in [-0.2, -0.15) is 0 Å². The van der Waals surface area contributed by atoms with Crippen molar-refractivity contribution >= 4 is 29.3 Å². The van der Waals surface area contributed by atoms with E-state index in [0.29, 0.717) is 17.9 Å². The molecule has 0 unspecified atom stereocenters. The van der Waals surface area contributed by atoms with Crippen molar-refractivity contribution in [1.29, 1.82) is 0 Å². The van der Waals surface area contributed by atoms with E-state index in [1.54, 1.807) is 19.1 Å². The minimum Gasteiger partial charge on any atom is -0.324 e. The number of carbonyl (C=O) groups excluding carboxylic acids is 2. The molecule has 2 rings (SSSR count). The molecule has 0 aromatic heterocycles. The van der Waals surface area contributed by atoms with Crippen LogP contribution in [0.2, 0.25) is 0 Å². The minimum absolute atomic E-state index is 0.0464. The van der Waals surface area contributed by atoms with Gasteiger partial charge in [0.15, 0.2) is 0 Å². The molecule has 1 aromatic rings. The van der Waals surface area contributed by atoms with Crippen molar-refractivity contribution in [2.75, 3.05) is 11.9 Å². The second-order valence-corrected chi connectivity index (χ2v) is 5.21. The van der Waals surface area contributed by atoms with E-state index in [0.717, 1.165) is 4.90 Å². The number of benzene rings is 1. The summed E-state index contributed by atoms with van der Waals surface area (Å²) in [6, 6.07) is 5.20. The van der Waals surface area contributed by atoms with Crippen molar-refractivity contribution in [3.8, 4) is 0 Å². The van der Waals surface area contributed by atoms with E-state index in [2.05, 4.69) is 10.8 Å². The predicted octanol–water partition coefficient (Wildman–Crippen LogP) is 1.80. The molecule has 2 N–H and O–H groups in total. The van der Waals surface area contributed by atoms with Crippen LogP contribution in [0.1, 0.15) is 24.2 Å². The molecule has 2 amide bonds. The molecule has 0 spiro atoms. The molecule has 0 bridgehead atoms. The van der Waals surface area contributed by atoms with Crippen LogP contribution < -0.4 is 10.8 Å². The summed E-state index contributed by atoms with van der Waals surface area (Å²) in [5, 5.41) is 2.67. The first-order valence-electron chi connectivity index (χ1n) is 5.65. The van der Waals surface area contributed by atoms with E-state index in [4.69, 9.17) is 4.84 Å². The molecule has 0 aliphatic carbocycles. The van der Waals surface area contributed by atoms with Gasteiger partial charge < -0.3 is 5.32 Å². The van der Waals surface area contributed by atoms with Crippen molar-refractivity contribution in [3.63, 3.8) is 0 Å². The Balaban J connectivity index is 2.19. The average molecular weight is 266 g/mol. The van der Waals surface area contributed by atoms with Crippen molar-refractivity contribution in [2.24, 2.45) is 0 Å². The lowest BCUT2D eigenvalue weighted by molar-refractivity contribution is -0.115. The Morgan fingerprint density at radius 2 is 2.33 bits per heavy atom. The number of rotatable bonds is 3. The highest BCUT2D eigenvalue weighted by Gasteiger charge is 2.23. The van der Waals surface area contributed by atoms with Gasteiger partial charge in [-0.25, -0.2) is 5.48 Å². The number of nitrogens with one attached hydrogen (secondary N) is 2. The Hall–Kier alpha value is -1.53. The quantitative estimate of drug-likeness (QED) is 0.819. The van der Waals surface area contributed by atoms with Gasteiger partial charge in [-0.1, -0.05) is 0 Å². The summed E-state index contributed by atoms with van der Waals surface area (Å²) >= 11 is 1.48. The van der Waals surface area contributed by atoms with Crippen LogP contribution in [0.25, 0.3) is 0 Å². The second-order valence-electron chi connectivity index (χ2n) is 3.82. The third kappa shape index (κ3) is 2.65. The Labute approximate surface area is 109 Å². The molecule has 6 heteroatoms. The van der Waals surface area contributed by atoms with Crippen LogP contribution in [0.4, 0.5) is 5.69 Å². The van der Waals surface area contributed by atoms with E-state index in [-0.39, 0.29) is 17.1 Å². The number of amides is 2. The first kappa shape index (κ1) is 12.9. The number of hydrogen-bond acceptors (Lipinski definition) is 4. The largest absolute Gasteiger partial charge is 0.324 e. The molecule has 1 aromatic carbocycles.